The van der Waals surface area contributed by atoms with Crippen LogP contribution in [-0.2, 0) is 6.42 Å². The molecule has 18 heavy (non-hydrogen) atoms. The fraction of sp³-hybridized carbons (Fsp3) is 0.308. The number of nitrogens with zero attached hydrogens (tertiary/aromatic N) is 2. The average Bonchev–Trinajstić information content (AvgIpc) is 3.00. The molecule has 0 radical (unpaired) electrons. The molecule has 0 fully saturated rings. The van der Waals surface area contributed by atoms with Crippen molar-refractivity contribution in [2.45, 2.75) is 19.4 Å². The summed E-state index contributed by atoms with van der Waals surface area (Å²) < 4.78 is 7.73. The van der Waals surface area contributed by atoms with E-state index < -0.39 is 0 Å². The molecule has 5 heteroatoms. The van der Waals surface area contributed by atoms with Gasteiger partial charge in [0.05, 0.1) is 11.7 Å². The minimum absolute atomic E-state index is 0.170. The predicted molar refractivity (Wildman–Crippen MR) is 72.0 cm³/mol. The van der Waals surface area contributed by atoms with E-state index in [1.165, 1.54) is 0 Å². The van der Waals surface area contributed by atoms with Gasteiger partial charge in [-0.1, -0.05) is 0 Å². The van der Waals surface area contributed by atoms with Crippen LogP contribution in [0.1, 0.15) is 23.3 Å². The molecule has 0 aliphatic carbocycles. The molecule has 0 aliphatic heterocycles. The quantitative estimate of drug-likeness (QED) is 0.785. The van der Waals surface area contributed by atoms with Crippen molar-refractivity contribution in [1.82, 2.24) is 14.7 Å². The molecule has 1 atom stereocenters. The van der Waals surface area contributed by atoms with Crippen molar-refractivity contribution in [3.05, 3.63) is 47.1 Å². The highest BCUT2D eigenvalue weighted by Crippen LogP contribution is 2.21. The Bertz CT molecular complexity index is 623. The molecule has 0 amide bonds. The topological polar surface area (TPSA) is 42.5 Å². The summed E-state index contributed by atoms with van der Waals surface area (Å²) in [5.74, 6) is 1.91. The maximum absolute atomic E-state index is 5.67. The van der Waals surface area contributed by atoms with Crippen LogP contribution >= 0.6 is 11.3 Å². The van der Waals surface area contributed by atoms with Crippen LogP contribution in [0.5, 0.6) is 0 Å². The molecule has 1 N–H and O–H groups in total. The van der Waals surface area contributed by atoms with Gasteiger partial charge in [-0.2, -0.15) is 0 Å². The number of hydrogen-bond donors (Lipinski definition) is 1. The summed E-state index contributed by atoms with van der Waals surface area (Å²) >= 11 is 1.65. The monoisotopic (exact) mass is 261 g/mol. The number of hydrogen-bond acceptors (Lipinski definition) is 4. The number of thiazole rings is 1. The summed E-state index contributed by atoms with van der Waals surface area (Å²) in [5.41, 5.74) is 1.08. The Kier molecular flexibility index (Phi) is 2.93. The Hall–Kier alpha value is -1.59. The summed E-state index contributed by atoms with van der Waals surface area (Å²) in [6, 6.07) is 4.18. The molecular weight excluding hydrogens is 246 g/mol. The van der Waals surface area contributed by atoms with E-state index in [1.54, 1.807) is 11.3 Å². The van der Waals surface area contributed by atoms with Gasteiger partial charge in [-0.3, -0.25) is 4.40 Å². The molecule has 1 unspecified atom stereocenters. The van der Waals surface area contributed by atoms with Gasteiger partial charge >= 0.3 is 0 Å². The van der Waals surface area contributed by atoms with Crippen molar-refractivity contribution in [1.29, 1.82) is 0 Å². The highest BCUT2D eigenvalue weighted by Gasteiger charge is 2.15. The van der Waals surface area contributed by atoms with Crippen LogP contribution in [0.2, 0.25) is 0 Å². The maximum Gasteiger partial charge on any atom is 0.193 e. The molecule has 0 spiro atoms. The van der Waals surface area contributed by atoms with Gasteiger partial charge in [0, 0.05) is 24.2 Å². The third kappa shape index (κ3) is 2.07. The molecule has 0 aromatic carbocycles. The zero-order chi connectivity index (χ0) is 12.5. The van der Waals surface area contributed by atoms with Gasteiger partial charge < -0.3 is 9.73 Å². The minimum atomic E-state index is 0.170. The second kappa shape index (κ2) is 4.59. The largest absolute Gasteiger partial charge is 0.465 e. The number of aryl methyl sites for hydroxylation is 1. The molecule has 0 bridgehead atoms. The molecule has 94 valence electrons. The van der Waals surface area contributed by atoms with Gasteiger partial charge in [-0.15, -0.1) is 11.3 Å². The van der Waals surface area contributed by atoms with Crippen molar-refractivity contribution in [3.8, 4) is 0 Å². The molecular formula is C13H15N3OS. The number of imidazole rings is 1. The summed E-state index contributed by atoms with van der Waals surface area (Å²) in [5, 5.41) is 5.32. The SMILES string of the molecule is CNC(Cc1cn2ccsc2n1)c1ccc(C)o1. The molecule has 4 nitrogen and oxygen atoms in total. The van der Waals surface area contributed by atoms with E-state index in [-0.39, 0.29) is 6.04 Å². The van der Waals surface area contributed by atoms with Gasteiger partial charge in [0.25, 0.3) is 0 Å². The number of nitrogens with one attached hydrogen (secondary N) is 1. The van der Waals surface area contributed by atoms with Crippen molar-refractivity contribution in [3.63, 3.8) is 0 Å². The first-order valence-electron chi connectivity index (χ1n) is 5.91. The van der Waals surface area contributed by atoms with E-state index in [1.807, 2.05) is 37.7 Å². The van der Waals surface area contributed by atoms with Crippen LogP contribution in [0.3, 0.4) is 0 Å². The Balaban J connectivity index is 1.83. The molecule has 0 saturated heterocycles. The zero-order valence-corrected chi connectivity index (χ0v) is 11.2. The van der Waals surface area contributed by atoms with Crippen molar-refractivity contribution in [2.24, 2.45) is 0 Å². The number of aromatic nitrogens is 2. The van der Waals surface area contributed by atoms with Crippen LogP contribution < -0.4 is 5.32 Å². The van der Waals surface area contributed by atoms with E-state index in [0.29, 0.717) is 0 Å². The van der Waals surface area contributed by atoms with Gasteiger partial charge in [-0.05, 0) is 26.1 Å². The Morgan fingerprint density at radius 1 is 1.50 bits per heavy atom. The normalized spacial score (nSPS) is 13.2. The molecule has 0 saturated carbocycles. The van der Waals surface area contributed by atoms with Gasteiger partial charge in [-0.25, -0.2) is 4.98 Å². The lowest BCUT2D eigenvalue weighted by molar-refractivity contribution is 0.413. The summed E-state index contributed by atoms with van der Waals surface area (Å²) in [7, 11) is 1.95. The number of likely N-dealkylation sites (N-methyl/N-ethyl adjacent to an activating group) is 1. The molecule has 0 aliphatic rings. The lowest BCUT2D eigenvalue weighted by Crippen LogP contribution is -2.18. The Morgan fingerprint density at radius 2 is 2.39 bits per heavy atom. The lowest BCUT2D eigenvalue weighted by atomic mass is 10.1. The standard InChI is InChI=1S/C13H15N3OS/c1-9-3-4-12(17-9)11(14-2)7-10-8-16-5-6-18-13(16)15-10/h3-6,8,11,14H,7H2,1-2H3. The van der Waals surface area contributed by atoms with Crippen LogP contribution in [0.4, 0.5) is 0 Å². The summed E-state index contributed by atoms with van der Waals surface area (Å²) in [6.07, 6.45) is 4.94. The van der Waals surface area contributed by atoms with Gasteiger partial charge in [0.15, 0.2) is 4.96 Å². The first-order valence-corrected chi connectivity index (χ1v) is 6.79. The van der Waals surface area contributed by atoms with E-state index in [0.717, 1.165) is 28.6 Å². The molecule has 3 aromatic rings. The minimum Gasteiger partial charge on any atom is -0.465 e. The van der Waals surface area contributed by atoms with Crippen molar-refractivity contribution >= 4 is 16.3 Å². The second-order valence-electron chi connectivity index (χ2n) is 4.32. The van der Waals surface area contributed by atoms with Crippen LogP contribution in [-0.4, -0.2) is 16.4 Å². The van der Waals surface area contributed by atoms with Crippen LogP contribution in [0.25, 0.3) is 4.96 Å². The van der Waals surface area contributed by atoms with Gasteiger partial charge in [0.1, 0.15) is 11.5 Å². The molecule has 3 rings (SSSR count). The smallest absolute Gasteiger partial charge is 0.193 e. The van der Waals surface area contributed by atoms with Crippen molar-refractivity contribution in [2.75, 3.05) is 7.05 Å². The zero-order valence-electron chi connectivity index (χ0n) is 10.4. The fourth-order valence-corrected chi connectivity index (χ4v) is 2.79. The first kappa shape index (κ1) is 11.5. The van der Waals surface area contributed by atoms with E-state index in [9.17, 15) is 0 Å². The molecule has 3 heterocycles. The second-order valence-corrected chi connectivity index (χ2v) is 5.19. The van der Waals surface area contributed by atoms with Gasteiger partial charge in [0.2, 0.25) is 0 Å². The molecule has 3 aromatic heterocycles. The third-order valence-corrected chi connectivity index (χ3v) is 3.78. The van der Waals surface area contributed by atoms with E-state index >= 15 is 0 Å². The van der Waals surface area contributed by atoms with Crippen LogP contribution in [0.15, 0.2) is 34.3 Å². The summed E-state index contributed by atoms with van der Waals surface area (Å²) in [6.45, 7) is 1.96. The van der Waals surface area contributed by atoms with E-state index in [4.69, 9.17) is 4.42 Å². The highest BCUT2D eigenvalue weighted by molar-refractivity contribution is 7.15. The van der Waals surface area contributed by atoms with Crippen molar-refractivity contribution < 1.29 is 4.42 Å². The maximum atomic E-state index is 5.67. The Morgan fingerprint density at radius 3 is 3.06 bits per heavy atom. The van der Waals surface area contributed by atoms with Crippen LogP contribution in [0, 0.1) is 6.92 Å². The summed E-state index contributed by atoms with van der Waals surface area (Å²) in [4.78, 5) is 5.63. The Labute approximate surface area is 109 Å². The first-order chi connectivity index (χ1) is 8.76. The number of rotatable bonds is 4. The average molecular weight is 261 g/mol. The third-order valence-electron chi connectivity index (χ3n) is 3.01. The lowest BCUT2D eigenvalue weighted by Gasteiger charge is -2.11. The highest BCUT2D eigenvalue weighted by atomic mass is 32.1. The fourth-order valence-electron chi connectivity index (χ4n) is 2.07. The number of fused-ring (bicyclic) bond motifs is 1. The number of furan rings is 1. The predicted octanol–water partition coefficient (Wildman–Crippen LogP) is 2.80. The van der Waals surface area contributed by atoms with E-state index in [2.05, 4.69) is 20.9 Å².